The number of rotatable bonds is 7. The molecule has 0 aromatic carbocycles. The predicted octanol–water partition coefficient (Wildman–Crippen LogP) is 1.91. The first kappa shape index (κ1) is 11.4. The minimum absolute atomic E-state index is 0.0967. The van der Waals surface area contributed by atoms with Gasteiger partial charge in [-0.15, -0.1) is 0 Å². The average Bonchev–Trinajstić information content (AvgIpc) is 2.10. The van der Waals surface area contributed by atoms with Gasteiger partial charge in [-0.2, -0.15) is 0 Å². The van der Waals surface area contributed by atoms with E-state index in [2.05, 4.69) is 13.0 Å². The molecule has 0 aliphatic carbocycles. The molecule has 0 amide bonds. The van der Waals surface area contributed by atoms with Gasteiger partial charge < -0.3 is 9.84 Å². The molecule has 0 radical (unpaired) electrons. The van der Waals surface area contributed by atoms with Gasteiger partial charge in [0.05, 0.1) is 19.8 Å². The molecule has 0 heterocycles. The molecule has 2 nitrogen and oxygen atoms in total. The second kappa shape index (κ2) is 10.4. The molecule has 2 heteroatoms. The molecule has 0 spiro atoms. The second-order valence-corrected chi connectivity index (χ2v) is 2.44. The summed E-state index contributed by atoms with van der Waals surface area (Å²) in [5.74, 6) is 0. The van der Waals surface area contributed by atoms with E-state index in [-0.39, 0.29) is 6.61 Å². The van der Waals surface area contributed by atoms with Gasteiger partial charge in [0.1, 0.15) is 0 Å². The molecule has 12 heavy (non-hydrogen) atoms. The van der Waals surface area contributed by atoms with Crippen LogP contribution in [0.1, 0.15) is 19.8 Å². The Balaban J connectivity index is 3.13. The van der Waals surface area contributed by atoms with E-state index in [1.165, 1.54) is 6.42 Å². The van der Waals surface area contributed by atoms with E-state index in [0.29, 0.717) is 13.2 Å². The Morgan fingerprint density at radius 1 is 1.25 bits per heavy atom. The molecule has 0 bridgehead atoms. The minimum Gasteiger partial charge on any atom is -0.394 e. The lowest BCUT2D eigenvalue weighted by molar-refractivity contribution is 0.112. The Labute approximate surface area is 74.6 Å². The lowest BCUT2D eigenvalue weighted by Crippen LogP contribution is -1.97. The van der Waals surface area contributed by atoms with Gasteiger partial charge in [0.25, 0.3) is 0 Å². The van der Waals surface area contributed by atoms with Crippen LogP contribution >= 0.6 is 0 Å². The summed E-state index contributed by atoms with van der Waals surface area (Å²) in [6.45, 7) is 3.25. The fraction of sp³-hybridized carbons (Fsp3) is 0.600. The van der Waals surface area contributed by atoms with Crippen molar-refractivity contribution in [3.8, 4) is 0 Å². The van der Waals surface area contributed by atoms with Crippen LogP contribution in [0.2, 0.25) is 0 Å². The Morgan fingerprint density at radius 2 is 2.00 bits per heavy atom. The van der Waals surface area contributed by atoms with Gasteiger partial charge in [0, 0.05) is 0 Å². The first-order valence-electron chi connectivity index (χ1n) is 4.42. The van der Waals surface area contributed by atoms with E-state index < -0.39 is 0 Å². The Kier molecular flexibility index (Phi) is 9.88. The molecule has 0 aromatic heterocycles. The molecular weight excluding hydrogens is 152 g/mol. The number of ether oxygens (including phenoxy) is 1. The van der Waals surface area contributed by atoms with Gasteiger partial charge in [-0.1, -0.05) is 37.6 Å². The van der Waals surface area contributed by atoms with Crippen LogP contribution in [-0.4, -0.2) is 24.9 Å². The fourth-order valence-electron chi connectivity index (χ4n) is 0.692. The zero-order valence-corrected chi connectivity index (χ0v) is 7.70. The molecule has 0 aliphatic heterocycles. The average molecular weight is 170 g/mol. The van der Waals surface area contributed by atoms with Crippen LogP contribution in [0.25, 0.3) is 0 Å². The van der Waals surface area contributed by atoms with Crippen molar-refractivity contribution in [2.45, 2.75) is 19.8 Å². The topological polar surface area (TPSA) is 29.5 Å². The lowest BCUT2D eigenvalue weighted by Gasteiger charge is -1.93. The first-order valence-corrected chi connectivity index (χ1v) is 4.42. The number of unbranched alkanes of at least 4 members (excludes halogenated alkanes) is 1. The summed E-state index contributed by atoms with van der Waals surface area (Å²) < 4.78 is 5.02. The summed E-state index contributed by atoms with van der Waals surface area (Å²) in [4.78, 5) is 0. The maximum absolute atomic E-state index is 8.38. The second-order valence-electron chi connectivity index (χ2n) is 2.44. The third-order valence-electron chi connectivity index (χ3n) is 1.29. The highest BCUT2D eigenvalue weighted by Crippen LogP contribution is 1.88. The molecule has 0 aromatic rings. The van der Waals surface area contributed by atoms with Crippen molar-refractivity contribution >= 4 is 0 Å². The summed E-state index contributed by atoms with van der Waals surface area (Å²) in [6, 6.07) is 0. The van der Waals surface area contributed by atoms with Crippen molar-refractivity contribution in [1.82, 2.24) is 0 Å². The molecule has 0 fully saturated rings. The van der Waals surface area contributed by atoms with Crippen LogP contribution in [0.5, 0.6) is 0 Å². The standard InChI is InChI=1S/C10H18O2/c1-2-3-4-5-6-7-9-12-10-8-11/h4-7,11H,2-3,8-10H2,1H3. The van der Waals surface area contributed by atoms with Gasteiger partial charge in [-0.25, -0.2) is 0 Å². The minimum atomic E-state index is 0.0967. The van der Waals surface area contributed by atoms with Crippen molar-refractivity contribution in [2.75, 3.05) is 19.8 Å². The number of hydrogen-bond acceptors (Lipinski definition) is 2. The Morgan fingerprint density at radius 3 is 2.67 bits per heavy atom. The van der Waals surface area contributed by atoms with Crippen molar-refractivity contribution in [2.24, 2.45) is 0 Å². The summed E-state index contributed by atoms with van der Waals surface area (Å²) in [5.41, 5.74) is 0. The van der Waals surface area contributed by atoms with Crippen molar-refractivity contribution < 1.29 is 9.84 Å². The quantitative estimate of drug-likeness (QED) is 0.467. The van der Waals surface area contributed by atoms with E-state index in [4.69, 9.17) is 9.84 Å². The molecule has 0 atom stereocenters. The van der Waals surface area contributed by atoms with Crippen molar-refractivity contribution in [1.29, 1.82) is 0 Å². The fourth-order valence-corrected chi connectivity index (χ4v) is 0.692. The van der Waals surface area contributed by atoms with Crippen LogP contribution in [0.3, 0.4) is 0 Å². The first-order chi connectivity index (χ1) is 5.91. The van der Waals surface area contributed by atoms with Crippen LogP contribution in [-0.2, 0) is 4.74 Å². The molecule has 0 saturated carbocycles. The lowest BCUT2D eigenvalue weighted by atomic mass is 10.3. The monoisotopic (exact) mass is 170 g/mol. The number of hydrogen-bond donors (Lipinski definition) is 1. The SMILES string of the molecule is CCCC=CC=CCOCCO. The van der Waals surface area contributed by atoms with Crippen LogP contribution in [0, 0.1) is 0 Å². The van der Waals surface area contributed by atoms with Gasteiger partial charge in [0.2, 0.25) is 0 Å². The van der Waals surface area contributed by atoms with E-state index in [1.54, 1.807) is 0 Å². The van der Waals surface area contributed by atoms with Gasteiger partial charge in [0.15, 0.2) is 0 Å². The highest BCUT2D eigenvalue weighted by atomic mass is 16.5. The van der Waals surface area contributed by atoms with E-state index in [1.807, 2.05) is 18.2 Å². The van der Waals surface area contributed by atoms with Gasteiger partial charge >= 0.3 is 0 Å². The zero-order valence-electron chi connectivity index (χ0n) is 7.70. The highest BCUT2D eigenvalue weighted by molar-refractivity contribution is 5.02. The Bertz CT molecular complexity index is 128. The molecular formula is C10H18O2. The van der Waals surface area contributed by atoms with Gasteiger partial charge in [-0.05, 0) is 6.42 Å². The van der Waals surface area contributed by atoms with Crippen LogP contribution in [0.15, 0.2) is 24.3 Å². The number of aliphatic hydroxyl groups is 1. The molecule has 0 aliphatic rings. The normalized spacial score (nSPS) is 11.8. The molecule has 0 rings (SSSR count). The summed E-state index contributed by atoms with van der Waals surface area (Å²) in [5, 5.41) is 8.38. The van der Waals surface area contributed by atoms with E-state index >= 15 is 0 Å². The zero-order chi connectivity index (χ0) is 9.07. The van der Waals surface area contributed by atoms with E-state index in [0.717, 1.165) is 6.42 Å². The van der Waals surface area contributed by atoms with Crippen LogP contribution < -0.4 is 0 Å². The van der Waals surface area contributed by atoms with E-state index in [9.17, 15) is 0 Å². The molecule has 0 unspecified atom stereocenters. The molecule has 0 saturated heterocycles. The number of allylic oxidation sites excluding steroid dienone is 3. The van der Waals surface area contributed by atoms with Crippen molar-refractivity contribution in [3.63, 3.8) is 0 Å². The number of aliphatic hydroxyl groups excluding tert-OH is 1. The van der Waals surface area contributed by atoms with Crippen molar-refractivity contribution in [3.05, 3.63) is 24.3 Å². The molecule has 1 N–H and O–H groups in total. The third kappa shape index (κ3) is 9.40. The highest BCUT2D eigenvalue weighted by Gasteiger charge is 1.78. The Hall–Kier alpha value is -0.600. The third-order valence-corrected chi connectivity index (χ3v) is 1.29. The summed E-state index contributed by atoms with van der Waals surface area (Å²) >= 11 is 0. The largest absolute Gasteiger partial charge is 0.394 e. The summed E-state index contributed by atoms with van der Waals surface area (Å²) in [6.07, 6.45) is 10.4. The van der Waals surface area contributed by atoms with Gasteiger partial charge in [-0.3, -0.25) is 0 Å². The summed E-state index contributed by atoms with van der Waals surface area (Å²) in [7, 11) is 0. The smallest absolute Gasteiger partial charge is 0.0701 e. The maximum Gasteiger partial charge on any atom is 0.0701 e. The molecule has 70 valence electrons. The maximum atomic E-state index is 8.38. The predicted molar refractivity (Wildman–Crippen MR) is 51.1 cm³/mol. The van der Waals surface area contributed by atoms with Crippen LogP contribution in [0.4, 0.5) is 0 Å².